The molecule has 1 aliphatic heterocycles. The second-order valence-corrected chi connectivity index (χ2v) is 4.55. The molecule has 3 nitrogen and oxygen atoms in total. The quantitative estimate of drug-likeness (QED) is 0.799. The van der Waals surface area contributed by atoms with Crippen LogP contribution in [0.4, 0.5) is 5.13 Å². The van der Waals surface area contributed by atoms with Crippen LogP contribution in [0.15, 0.2) is 24.4 Å². The molecule has 1 aromatic carbocycles. The monoisotopic (exact) mass is 218 g/mol. The lowest BCUT2D eigenvalue weighted by atomic mass is 10.1. The Morgan fingerprint density at radius 2 is 2.33 bits per heavy atom. The molecule has 0 radical (unpaired) electrons. The number of ether oxygens (including phenoxy) is 1. The van der Waals surface area contributed by atoms with Gasteiger partial charge in [-0.05, 0) is 29.3 Å². The summed E-state index contributed by atoms with van der Waals surface area (Å²) in [5.41, 5.74) is 8.06. The summed E-state index contributed by atoms with van der Waals surface area (Å²) in [5.74, 6) is 1.01. The van der Waals surface area contributed by atoms with E-state index in [0.29, 0.717) is 5.13 Å². The number of nitrogens with zero attached hydrogens (tertiary/aromatic N) is 1. The number of fused-ring (bicyclic) bond motifs is 1. The van der Waals surface area contributed by atoms with Gasteiger partial charge in [0.25, 0.3) is 0 Å². The smallest absolute Gasteiger partial charge is 0.180 e. The van der Waals surface area contributed by atoms with Gasteiger partial charge in [-0.15, -0.1) is 0 Å². The van der Waals surface area contributed by atoms with E-state index < -0.39 is 0 Å². The second kappa shape index (κ2) is 3.24. The SMILES string of the molecule is Nc1ncc(-c2ccc3c(c2)CCO3)s1. The Kier molecular flexibility index (Phi) is 1.89. The standard InChI is InChI=1S/C11H10N2OS/c12-11-13-6-10(15-11)8-1-2-9-7(5-8)3-4-14-9/h1-2,5-6H,3-4H2,(H2,12,13). The summed E-state index contributed by atoms with van der Waals surface area (Å²) in [4.78, 5) is 5.16. The van der Waals surface area contributed by atoms with E-state index in [-0.39, 0.29) is 0 Å². The summed E-state index contributed by atoms with van der Waals surface area (Å²) in [6.45, 7) is 0.795. The molecule has 0 spiro atoms. The van der Waals surface area contributed by atoms with Crippen molar-refractivity contribution in [1.29, 1.82) is 0 Å². The first-order chi connectivity index (χ1) is 7.33. The fraction of sp³-hybridized carbons (Fsp3) is 0.182. The molecule has 0 unspecified atom stereocenters. The van der Waals surface area contributed by atoms with Gasteiger partial charge in [0.15, 0.2) is 5.13 Å². The lowest BCUT2D eigenvalue weighted by Gasteiger charge is -2.00. The van der Waals surface area contributed by atoms with E-state index >= 15 is 0 Å². The molecular formula is C11H10N2OS. The fourth-order valence-electron chi connectivity index (χ4n) is 1.76. The van der Waals surface area contributed by atoms with Gasteiger partial charge in [0.1, 0.15) is 5.75 Å². The van der Waals surface area contributed by atoms with Crippen LogP contribution in [-0.2, 0) is 6.42 Å². The van der Waals surface area contributed by atoms with Crippen LogP contribution in [0.25, 0.3) is 10.4 Å². The van der Waals surface area contributed by atoms with Gasteiger partial charge >= 0.3 is 0 Å². The van der Waals surface area contributed by atoms with Crippen LogP contribution in [0.5, 0.6) is 5.75 Å². The van der Waals surface area contributed by atoms with Crippen molar-refractivity contribution in [2.75, 3.05) is 12.3 Å². The van der Waals surface area contributed by atoms with Gasteiger partial charge in [-0.1, -0.05) is 11.3 Å². The van der Waals surface area contributed by atoms with E-state index in [1.54, 1.807) is 0 Å². The number of anilines is 1. The minimum absolute atomic E-state index is 0.613. The zero-order chi connectivity index (χ0) is 10.3. The molecule has 3 rings (SSSR count). The number of thiazole rings is 1. The molecule has 15 heavy (non-hydrogen) atoms. The third kappa shape index (κ3) is 1.47. The third-order valence-corrected chi connectivity index (χ3v) is 3.37. The number of hydrogen-bond donors (Lipinski definition) is 1. The predicted octanol–water partition coefficient (Wildman–Crippen LogP) is 2.33. The topological polar surface area (TPSA) is 48.1 Å². The van der Waals surface area contributed by atoms with Crippen molar-refractivity contribution in [3.05, 3.63) is 30.0 Å². The van der Waals surface area contributed by atoms with Crippen LogP contribution >= 0.6 is 11.3 Å². The maximum Gasteiger partial charge on any atom is 0.180 e. The summed E-state index contributed by atoms with van der Waals surface area (Å²) in [6.07, 6.45) is 2.81. The van der Waals surface area contributed by atoms with Gasteiger partial charge in [0.05, 0.1) is 11.5 Å². The molecular weight excluding hydrogens is 208 g/mol. The Morgan fingerprint density at radius 3 is 3.13 bits per heavy atom. The van der Waals surface area contributed by atoms with Gasteiger partial charge in [0.2, 0.25) is 0 Å². The first kappa shape index (κ1) is 8.73. The first-order valence-electron chi connectivity index (χ1n) is 4.80. The Bertz CT molecular complexity index is 507. The molecule has 0 amide bonds. The second-order valence-electron chi connectivity index (χ2n) is 3.48. The van der Waals surface area contributed by atoms with Crippen LogP contribution in [0.1, 0.15) is 5.56 Å². The predicted molar refractivity (Wildman–Crippen MR) is 61.2 cm³/mol. The highest BCUT2D eigenvalue weighted by molar-refractivity contribution is 7.18. The Hall–Kier alpha value is -1.55. The zero-order valence-electron chi connectivity index (χ0n) is 8.06. The average molecular weight is 218 g/mol. The Balaban J connectivity index is 2.06. The molecule has 2 aromatic rings. The molecule has 0 bridgehead atoms. The van der Waals surface area contributed by atoms with Gasteiger partial charge in [-0.2, -0.15) is 0 Å². The lowest BCUT2D eigenvalue weighted by molar-refractivity contribution is 0.357. The lowest BCUT2D eigenvalue weighted by Crippen LogP contribution is -1.85. The van der Waals surface area contributed by atoms with Gasteiger partial charge < -0.3 is 10.5 Å². The van der Waals surface area contributed by atoms with E-state index in [4.69, 9.17) is 10.5 Å². The molecule has 1 aromatic heterocycles. The molecule has 1 aliphatic rings. The molecule has 2 heterocycles. The number of nitrogens with two attached hydrogens (primary N) is 1. The average Bonchev–Trinajstić information content (AvgIpc) is 2.84. The summed E-state index contributed by atoms with van der Waals surface area (Å²) in [5, 5.41) is 0.613. The van der Waals surface area contributed by atoms with E-state index in [1.165, 1.54) is 22.5 Å². The summed E-state index contributed by atoms with van der Waals surface area (Å²) in [7, 11) is 0. The number of nitrogen functional groups attached to an aromatic ring is 1. The van der Waals surface area contributed by atoms with Gasteiger partial charge in [-0.3, -0.25) is 0 Å². The van der Waals surface area contributed by atoms with Crippen molar-refractivity contribution >= 4 is 16.5 Å². The maximum absolute atomic E-state index is 5.61. The van der Waals surface area contributed by atoms with Gasteiger partial charge in [0, 0.05) is 12.6 Å². The molecule has 0 aliphatic carbocycles. The van der Waals surface area contributed by atoms with Crippen LogP contribution < -0.4 is 10.5 Å². The highest BCUT2D eigenvalue weighted by Crippen LogP contribution is 2.33. The zero-order valence-corrected chi connectivity index (χ0v) is 8.88. The molecule has 0 saturated heterocycles. The summed E-state index contributed by atoms with van der Waals surface area (Å²) >= 11 is 1.51. The van der Waals surface area contributed by atoms with Crippen molar-refractivity contribution in [2.24, 2.45) is 0 Å². The highest BCUT2D eigenvalue weighted by Gasteiger charge is 2.13. The number of rotatable bonds is 1. The minimum atomic E-state index is 0.613. The Morgan fingerprint density at radius 1 is 1.40 bits per heavy atom. The van der Waals surface area contributed by atoms with Gasteiger partial charge in [-0.25, -0.2) is 4.98 Å². The van der Waals surface area contributed by atoms with Crippen LogP contribution in [0.3, 0.4) is 0 Å². The van der Waals surface area contributed by atoms with Crippen LogP contribution in [0, 0.1) is 0 Å². The molecule has 76 valence electrons. The molecule has 4 heteroatoms. The first-order valence-corrected chi connectivity index (χ1v) is 5.62. The maximum atomic E-state index is 5.61. The van der Waals surface area contributed by atoms with Crippen molar-refractivity contribution in [3.63, 3.8) is 0 Å². The van der Waals surface area contributed by atoms with Crippen LogP contribution in [-0.4, -0.2) is 11.6 Å². The molecule has 2 N–H and O–H groups in total. The third-order valence-electron chi connectivity index (χ3n) is 2.50. The van der Waals surface area contributed by atoms with E-state index in [1.807, 2.05) is 12.3 Å². The van der Waals surface area contributed by atoms with E-state index in [0.717, 1.165) is 23.7 Å². The Labute approximate surface area is 91.5 Å². The summed E-state index contributed by atoms with van der Waals surface area (Å²) in [6, 6.07) is 6.24. The van der Waals surface area contributed by atoms with Crippen LogP contribution in [0.2, 0.25) is 0 Å². The minimum Gasteiger partial charge on any atom is -0.493 e. The molecule has 0 saturated carbocycles. The van der Waals surface area contributed by atoms with Crippen molar-refractivity contribution in [3.8, 4) is 16.2 Å². The molecule has 0 atom stereocenters. The number of benzene rings is 1. The number of aromatic nitrogens is 1. The van der Waals surface area contributed by atoms with Crippen molar-refractivity contribution < 1.29 is 4.74 Å². The largest absolute Gasteiger partial charge is 0.493 e. The summed E-state index contributed by atoms with van der Waals surface area (Å²) < 4.78 is 5.46. The number of hydrogen-bond acceptors (Lipinski definition) is 4. The van der Waals surface area contributed by atoms with E-state index in [2.05, 4.69) is 17.1 Å². The molecule has 0 fully saturated rings. The highest BCUT2D eigenvalue weighted by atomic mass is 32.1. The fourth-order valence-corrected chi connectivity index (χ4v) is 2.44. The van der Waals surface area contributed by atoms with Crippen molar-refractivity contribution in [1.82, 2.24) is 4.98 Å². The van der Waals surface area contributed by atoms with Crippen molar-refractivity contribution in [2.45, 2.75) is 6.42 Å². The normalized spacial score (nSPS) is 13.6. The van der Waals surface area contributed by atoms with E-state index in [9.17, 15) is 0 Å².